The normalized spacial score (nSPS) is 24.4. The molecule has 0 radical (unpaired) electrons. The third kappa shape index (κ3) is 2.57. The number of rotatable bonds is 4. The average molecular weight is 274 g/mol. The van der Waals surface area contributed by atoms with Crippen molar-refractivity contribution in [2.45, 2.75) is 50.2 Å². The Bertz CT molecular complexity index is 460. The number of hydrogen-bond donors (Lipinski definition) is 1. The maximum absolute atomic E-state index is 6.33. The van der Waals surface area contributed by atoms with Crippen LogP contribution >= 0.6 is 0 Å². The summed E-state index contributed by atoms with van der Waals surface area (Å²) in [6.45, 7) is 4.38. The molecule has 1 saturated heterocycles. The molecule has 3 rings (SSSR count). The van der Waals surface area contributed by atoms with Gasteiger partial charge in [0.05, 0.1) is 0 Å². The van der Waals surface area contributed by atoms with E-state index in [4.69, 9.17) is 10.5 Å². The van der Waals surface area contributed by atoms with E-state index in [-0.39, 0.29) is 11.5 Å². The molecule has 1 atom stereocenters. The lowest BCUT2D eigenvalue weighted by Gasteiger charge is -2.31. The highest BCUT2D eigenvalue weighted by Gasteiger charge is 2.49. The molecular formula is C17H26N2O. The molecular weight excluding hydrogens is 248 g/mol. The van der Waals surface area contributed by atoms with Crippen LogP contribution in [0.15, 0.2) is 24.3 Å². The van der Waals surface area contributed by atoms with Crippen LogP contribution in [0.2, 0.25) is 0 Å². The first-order chi connectivity index (χ1) is 9.62. The second-order valence-electron chi connectivity index (χ2n) is 6.56. The quantitative estimate of drug-likeness (QED) is 0.917. The molecule has 2 N–H and O–H groups in total. The second-order valence-corrected chi connectivity index (χ2v) is 6.56. The van der Waals surface area contributed by atoms with E-state index in [2.05, 4.69) is 43.1 Å². The zero-order valence-corrected chi connectivity index (χ0v) is 12.6. The van der Waals surface area contributed by atoms with Gasteiger partial charge in [0.1, 0.15) is 11.9 Å². The number of hydrogen-bond acceptors (Lipinski definition) is 3. The summed E-state index contributed by atoms with van der Waals surface area (Å²) < 4.78 is 6.33. The fourth-order valence-corrected chi connectivity index (χ4v) is 3.37. The Morgan fingerprint density at radius 1 is 1.25 bits per heavy atom. The molecule has 1 aliphatic heterocycles. The Hall–Kier alpha value is -1.06. The Morgan fingerprint density at radius 2 is 1.90 bits per heavy atom. The maximum Gasteiger partial charge on any atom is 0.123 e. The van der Waals surface area contributed by atoms with Gasteiger partial charge >= 0.3 is 0 Å². The lowest BCUT2D eigenvalue weighted by atomic mass is 9.88. The van der Waals surface area contributed by atoms with Gasteiger partial charge in [-0.25, -0.2) is 0 Å². The first-order valence-corrected chi connectivity index (χ1v) is 7.82. The maximum atomic E-state index is 6.33. The second kappa shape index (κ2) is 5.38. The zero-order chi connectivity index (χ0) is 14.2. The Morgan fingerprint density at radius 3 is 2.50 bits per heavy atom. The molecule has 0 spiro atoms. The molecule has 1 saturated carbocycles. The van der Waals surface area contributed by atoms with Gasteiger partial charge in [0, 0.05) is 30.1 Å². The van der Waals surface area contributed by atoms with Crippen molar-refractivity contribution in [2.75, 3.05) is 20.1 Å². The van der Waals surface area contributed by atoms with Gasteiger partial charge in [0.15, 0.2) is 0 Å². The standard InChI is InChI=1S/C17H26N2O/c1-13(18)17(9-10-17)15-5-3-4-6-16(15)20-14-7-11-19(2)12-8-14/h3-6,13-14H,7-12,18H2,1-2H3. The summed E-state index contributed by atoms with van der Waals surface area (Å²) in [5, 5.41) is 0. The number of benzene rings is 1. The molecule has 0 aromatic heterocycles. The van der Waals surface area contributed by atoms with Crippen molar-refractivity contribution in [1.82, 2.24) is 4.90 Å². The average Bonchev–Trinajstić information content (AvgIpc) is 3.24. The van der Waals surface area contributed by atoms with Crippen LogP contribution in [-0.4, -0.2) is 37.2 Å². The van der Waals surface area contributed by atoms with Crippen molar-refractivity contribution in [1.29, 1.82) is 0 Å². The fourth-order valence-electron chi connectivity index (χ4n) is 3.37. The van der Waals surface area contributed by atoms with E-state index < -0.39 is 0 Å². The molecule has 0 amide bonds. The molecule has 1 aromatic rings. The summed E-state index contributed by atoms with van der Waals surface area (Å²) in [4.78, 5) is 2.37. The van der Waals surface area contributed by atoms with Gasteiger partial charge in [-0.1, -0.05) is 18.2 Å². The van der Waals surface area contributed by atoms with Gasteiger partial charge < -0.3 is 15.4 Å². The summed E-state index contributed by atoms with van der Waals surface area (Å²) in [7, 11) is 2.18. The summed E-state index contributed by atoms with van der Waals surface area (Å²) in [5.74, 6) is 1.07. The highest BCUT2D eigenvalue weighted by atomic mass is 16.5. The van der Waals surface area contributed by atoms with E-state index in [0.29, 0.717) is 6.10 Å². The molecule has 1 heterocycles. The smallest absolute Gasteiger partial charge is 0.123 e. The van der Waals surface area contributed by atoms with Crippen LogP contribution in [0.4, 0.5) is 0 Å². The zero-order valence-electron chi connectivity index (χ0n) is 12.6. The number of nitrogens with zero attached hydrogens (tertiary/aromatic N) is 1. The van der Waals surface area contributed by atoms with Gasteiger partial charge in [-0.15, -0.1) is 0 Å². The van der Waals surface area contributed by atoms with Gasteiger partial charge in [0.25, 0.3) is 0 Å². The van der Waals surface area contributed by atoms with Crippen LogP contribution in [0.3, 0.4) is 0 Å². The minimum atomic E-state index is 0.169. The van der Waals surface area contributed by atoms with Gasteiger partial charge in [-0.05, 0) is 45.7 Å². The van der Waals surface area contributed by atoms with E-state index >= 15 is 0 Å². The molecule has 3 heteroatoms. The summed E-state index contributed by atoms with van der Waals surface area (Å²) in [6, 6.07) is 8.71. The molecule has 110 valence electrons. The summed E-state index contributed by atoms with van der Waals surface area (Å²) >= 11 is 0. The predicted octanol–water partition coefficient (Wildman–Crippen LogP) is 2.54. The third-order valence-electron chi connectivity index (χ3n) is 5.04. The number of piperidine rings is 1. The number of ether oxygens (including phenoxy) is 1. The molecule has 3 nitrogen and oxygen atoms in total. The van der Waals surface area contributed by atoms with Crippen LogP contribution in [0.5, 0.6) is 5.75 Å². The SMILES string of the molecule is CC(N)C1(c2ccccc2OC2CCN(C)CC2)CC1. The van der Waals surface area contributed by atoms with Crippen molar-refractivity contribution in [3.05, 3.63) is 29.8 Å². The predicted molar refractivity (Wildman–Crippen MR) is 82.2 cm³/mol. The lowest BCUT2D eigenvalue weighted by molar-refractivity contribution is 0.112. The number of likely N-dealkylation sites (tertiary alicyclic amines) is 1. The molecule has 2 fully saturated rings. The highest BCUT2D eigenvalue weighted by Crippen LogP contribution is 2.53. The van der Waals surface area contributed by atoms with Crippen molar-refractivity contribution < 1.29 is 4.74 Å². The Labute approximate surface area is 122 Å². The monoisotopic (exact) mass is 274 g/mol. The van der Waals surface area contributed by atoms with Crippen LogP contribution < -0.4 is 10.5 Å². The van der Waals surface area contributed by atoms with Gasteiger partial charge in [-0.3, -0.25) is 0 Å². The Balaban J connectivity index is 1.77. The Kier molecular flexibility index (Phi) is 3.74. The van der Waals surface area contributed by atoms with E-state index in [1.165, 1.54) is 18.4 Å². The fraction of sp³-hybridized carbons (Fsp3) is 0.647. The minimum absolute atomic E-state index is 0.169. The lowest BCUT2D eigenvalue weighted by Crippen LogP contribution is -2.36. The molecule has 0 bridgehead atoms. The van der Waals surface area contributed by atoms with E-state index in [0.717, 1.165) is 31.7 Å². The van der Waals surface area contributed by atoms with Crippen LogP contribution in [-0.2, 0) is 5.41 Å². The van der Waals surface area contributed by atoms with Crippen molar-refractivity contribution >= 4 is 0 Å². The first kappa shape index (κ1) is 13.9. The largest absolute Gasteiger partial charge is 0.490 e. The van der Waals surface area contributed by atoms with Crippen LogP contribution in [0.1, 0.15) is 38.2 Å². The summed E-state index contributed by atoms with van der Waals surface area (Å²) in [5.41, 5.74) is 7.72. The molecule has 1 unspecified atom stereocenters. The van der Waals surface area contributed by atoms with Crippen LogP contribution in [0.25, 0.3) is 0 Å². The number of nitrogens with two attached hydrogens (primary N) is 1. The summed E-state index contributed by atoms with van der Waals surface area (Å²) in [6.07, 6.45) is 4.99. The molecule has 20 heavy (non-hydrogen) atoms. The molecule has 1 aromatic carbocycles. The topological polar surface area (TPSA) is 38.5 Å². The molecule has 1 aliphatic carbocycles. The van der Waals surface area contributed by atoms with Crippen LogP contribution in [0, 0.1) is 0 Å². The third-order valence-corrected chi connectivity index (χ3v) is 5.04. The van der Waals surface area contributed by atoms with Crippen molar-refractivity contribution in [2.24, 2.45) is 5.73 Å². The van der Waals surface area contributed by atoms with Crippen molar-refractivity contribution in [3.63, 3.8) is 0 Å². The first-order valence-electron chi connectivity index (χ1n) is 7.82. The number of para-hydroxylation sites is 1. The van der Waals surface area contributed by atoms with E-state index in [1.54, 1.807) is 0 Å². The van der Waals surface area contributed by atoms with Crippen molar-refractivity contribution in [3.8, 4) is 5.75 Å². The molecule has 2 aliphatic rings. The van der Waals surface area contributed by atoms with E-state index in [9.17, 15) is 0 Å². The highest BCUT2D eigenvalue weighted by molar-refractivity contribution is 5.44. The minimum Gasteiger partial charge on any atom is -0.490 e. The van der Waals surface area contributed by atoms with E-state index in [1.807, 2.05) is 0 Å². The van der Waals surface area contributed by atoms with Gasteiger partial charge in [0.2, 0.25) is 0 Å². The van der Waals surface area contributed by atoms with Gasteiger partial charge in [-0.2, -0.15) is 0 Å².